The minimum Gasteiger partial charge on any atom is -0.286 e. The Morgan fingerprint density at radius 3 is 1.75 bits per heavy atom. The van der Waals surface area contributed by atoms with Gasteiger partial charge in [-0.3, -0.25) is 4.55 Å². The van der Waals surface area contributed by atoms with Crippen LogP contribution in [0.3, 0.4) is 0 Å². The lowest BCUT2D eigenvalue weighted by Crippen LogP contribution is -2.07. The SMILES string of the molecule is CCCCC(CCCC)CCCS(=O)(=O)O. The summed E-state index contributed by atoms with van der Waals surface area (Å²) < 4.78 is 29.8. The molecule has 0 fully saturated rings. The molecule has 0 spiro atoms. The number of unbranched alkanes of at least 4 members (excludes halogenated alkanes) is 2. The average Bonchev–Trinajstić information content (AvgIpc) is 2.19. The number of rotatable bonds is 10. The first-order valence-electron chi connectivity index (χ1n) is 6.44. The first-order chi connectivity index (χ1) is 7.49. The van der Waals surface area contributed by atoms with Crippen molar-refractivity contribution in [3.05, 3.63) is 0 Å². The monoisotopic (exact) mass is 250 g/mol. The van der Waals surface area contributed by atoms with Crippen molar-refractivity contribution in [3.63, 3.8) is 0 Å². The van der Waals surface area contributed by atoms with Crippen LogP contribution in [-0.2, 0) is 10.1 Å². The van der Waals surface area contributed by atoms with E-state index in [-0.39, 0.29) is 5.75 Å². The van der Waals surface area contributed by atoms with Gasteiger partial charge in [0, 0.05) is 0 Å². The molecule has 4 heteroatoms. The fourth-order valence-corrected chi connectivity index (χ4v) is 2.50. The number of hydrogen-bond acceptors (Lipinski definition) is 2. The zero-order valence-corrected chi connectivity index (χ0v) is 11.4. The normalized spacial score (nSPS) is 12.2. The molecule has 0 aliphatic rings. The second-order valence-corrected chi connectivity index (χ2v) is 6.15. The Hall–Kier alpha value is -0.0900. The highest BCUT2D eigenvalue weighted by atomic mass is 32.2. The van der Waals surface area contributed by atoms with Crippen LogP contribution in [0, 0.1) is 5.92 Å². The topological polar surface area (TPSA) is 54.4 Å². The quantitative estimate of drug-likeness (QED) is 0.602. The molecule has 0 atom stereocenters. The molecule has 0 amide bonds. The van der Waals surface area contributed by atoms with Gasteiger partial charge < -0.3 is 0 Å². The lowest BCUT2D eigenvalue weighted by Gasteiger charge is -2.15. The Labute approximate surface area is 100 Å². The van der Waals surface area contributed by atoms with Crippen molar-refractivity contribution in [2.24, 2.45) is 5.92 Å². The van der Waals surface area contributed by atoms with Crippen LogP contribution in [0.4, 0.5) is 0 Å². The van der Waals surface area contributed by atoms with Gasteiger partial charge in [0.25, 0.3) is 10.1 Å². The fraction of sp³-hybridized carbons (Fsp3) is 1.00. The van der Waals surface area contributed by atoms with Crippen LogP contribution in [0.25, 0.3) is 0 Å². The summed E-state index contributed by atoms with van der Waals surface area (Å²) in [5, 5.41) is 0. The first kappa shape index (κ1) is 15.9. The van der Waals surface area contributed by atoms with E-state index in [1.807, 2.05) is 0 Å². The Balaban J connectivity index is 3.81. The molecule has 3 nitrogen and oxygen atoms in total. The second-order valence-electron chi connectivity index (χ2n) is 4.58. The van der Waals surface area contributed by atoms with E-state index in [1.165, 1.54) is 38.5 Å². The molecule has 1 N–H and O–H groups in total. The van der Waals surface area contributed by atoms with E-state index in [2.05, 4.69) is 13.8 Å². The summed E-state index contributed by atoms with van der Waals surface area (Å²) in [4.78, 5) is 0. The standard InChI is InChI=1S/C12H26O3S/c1-3-5-8-12(9-6-4-2)10-7-11-16(13,14)15/h12H,3-11H2,1-2H3,(H,13,14,15). The third-order valence-corrected chi connectivity index (χ3v) is 3.75. The van der Waals surface area contributed by atoms with Crippen LogP contribution in [0.15, 0.2) is 0 Å². The van der Waals surface area contributed by atoms with Crippen LogP contribution in [0.5, 0.6) is 0 Å². The molecule has 0 bridgehead atoms. The maximum atomic E-state index is 10.6. The van der Waals surface area contributed by atoms with Gasteiger partial charge in [0.1, 0.15) is 0 Å². The van der Waals surface area contributed by atoms with E-state index >= 15 is 0 Å². The maximum Gasteiger partial charge on any atom is 0.264 e. The third-order valence-electron chi connectivity index (χ3n) is 2.95. The van der Waals surface area contributed by atoms with Crippen LogP contribution < -0.4 is 0 Å². The molecule has 16 heavy (non-hydrogen) atoms. The molecule has 98 valence electrons. The largest absolute Gasteiger partial charge is 0.286 e. The molecule has 0 saturated carbocycles. The molecular formula is C12H26O3S. The zero-order valence-electron chi connectivity index (χ0n) is 10.6. The summed E-state index contributed by atoms with van der Waals surface area (Å²) in [6, 6.07) is 0. The molecule has 0 saturated heterocycles. The highest BCUT2D eigenvalue weighted by Gasteiger charge is 2.10. The van der Waals surface area contributed by atoms with Gasteiger partial charge in [-0.05, 0) is 18.8 Å². The van der Waals surface area contributed by atoms with Gasteiger partial charge in [-0.25, -0.2) is 0 Å². The Kier molecular flexibility index (Phi) is 8.94. The minimum atomic E-state index is -3.76. The average molecular weight is 250 g/mol. The van der Waals surface area contributed by atoms with E-state index in [4.69, 9.17) is 4.55 Å². The smallest absolute Gasteiger partial charge is 0.264 e. The summed E-state index contributed by atoms with van der Waals surface area (Å²) in [6.45, 7) is 4.35. The van der Waals surface area contributed by atoms with Crippen LogP contribution in [-0.4, -0.2) is 18.7 Å². The molecular weight excluding hydrogens is 224 g/mol. The summed E-state index contributed by atoms with van der Waals surface area (Å²) in [7, 11) is -3.76. The molecule has 0 aromatic rings. The fourth-order valence-electron chi connectivity index (χ4n) is 1.97. The van der Waals surface area contributed by atoms with Gasteiger partial charge >= 0.3 is 0 Å². The van der Waals surface area contributed by atoms with Crippen molar-refractivity contribution in [3.8, 4) is 0 Å². The summed E-state index contributed by atoms with van der Waals surface area (Å²) >= 11 is 0. The molecule has 0 radical (unpaired) electrons. The van der Waals surface area contributed by atoms with Crippen molar-refractivity contribution < 1.29 is 13.0 Å². The minimum absolute atomic E-state index is 0.0816. The Morgan fingerprint density at radius 2 is 1.38 bits per heavy atom. The van der Waals surface area contributed by atoms with E-state index in [9.17, 15) is 8.42 Å². The third kappa shape index (κ3) is 10.4. The Bertz CT molecular complexity index is 239. The van der Waals surface area contributed by atoms with Crippen molar-refractivity contribution in [1.29, 1.82) is 0 Å². The second kappa shape index (κ2) is 8.99. The molecule has 0 aliphatic carbocycles. The van der Waals surface area contributed by atoms with Crippen molar-refractivity contribution in [1.82, 2.24) is 0 Å². The molecule has 0 rings (SSSR count). The van der Waals surface area contributed by atoms with Gasteiger partial charge in [0.15, 0.2) is 0 Å². The van der Waals surface area contributed by atoms with Gasteiger partial charge in [0.2, 0.25) is 0 Å². The first-order valence-corrected chi connectivity index (χ1v) is 8.05. The Morgan fingerprint density at radius 1 is 0.938 bits per heavy atom. The van der Waals surface area contributed by atoms with Crippen LogP contribution >= 0.6 is 0 Å². The summed E-state index contributed by atoms with van der Waals surface area (Å²) in [5.41, 5.74) is 0. The highest BCUT2D eigenvalue weighted by Crippen LogP contribution is 2.21. The number of hydrogen-bond donors (Lipinski definition) is 1. The summed E-state index contributed by atoms with van der Waals surface area (Å²) in [5.74, 6) is 0.559. The van der Waals surface area contributed by atoms with Crippen LogP contribution in [0.1, 0.15) is 65.2 Å². The maximum absolute atomic E-state index is 10.6. The predicted molar refractivity (Wildman–Crippen MR) is 68.2 cm³/mol. The van der Waals surface area contributed by atoms with E-state index in [0.717, 1.165) is 6.42 Å². The molecule has 0 heterocycles. The highest BCUT2D eigenvalue weighted by molar-refractivity contribution is 7.85. The van der Waals surface area contributed by atoms with Crippen molar-refractivity contribution >= 4 is 10.1 Å². The molecule has 0 aromatic carbocycles. The van der Waals surface area contributed by atoms with Crippen molar-refractivity contribution in [2.75, 3.05) is 5.75 Å². The van der Waals surface area contributed by atoms with Crippen LogP contribution in [0.2, 0.25) is 0 Å². The van der Waals surface area contributed by atoms with Gasteiger partial charge in [-0.15, -0.1) is 0 Å². The van der Waals surface area contributed by atoms with Gasteiger partial charge in [-0.2, -0.15) is 8.42 Å². The summed E-state index contributed by atoms with van der Waals surface area (Å²) in [6.07, 6.45) is 8.75. The van der Waals surface area contributed by atoms with E-state index in [1.54, 1.807) is 0 Å². The van der Waals surface area contributed by atoms with Gasteiger partial charge in [-0.1, -0.05) is 52.4 Å². The van der Waals surface area contributed by atoms with Crippen molar-refractivity contribution in [2.45, 2.75) is 65.2 Å². The van der Waals surface area contributed by atoms with Gasteiger partial charge in [0.05, 0.1) is 5.75 Å². The molecule has 0 unspecified atom stereocenters. The molecule has 0 aromatic heterocycles. The van der Waals surface area contributed by atoms with E-state index in [0.29, 0.717) is 12.3 Å². The van der Waals surface area contributed by atoms with E-state index < -0.39 is 10.1 Å². The zero-order chi connectivity index (χ0) is 12.4. The predicted octanol–water partition coefficient (Wildman–Crippen LogP) is 3.65. The molecule has 0 aliphatic heterocycles. The lowest BCUT2D eigenvalue weighted by molar-refractivity contribution is 0.387. The lowest BCUT2D eigenvalue weighted by atomic mass is 9.92.